The van der Waals surface area contributed by atoms with E-state index in [-0.39, 0.29) is 5.91 Å². The van der Waals surface area contributed by atoms with Crippen LogP contribution < -0.4 is 5.01 Å². The lowest BCUT2D eigenvalue weighted by Crippen LogP contribution is -2.41. The van der Waals surface area contributed by atoms with Crippen LogP contribution in [-0.4, -0.2) is 16.9 Å². The Morgan fingerprint density at radius 1 is 1.08 bits per heavy atom. The van der Waals surface area contributed by atoms with Gasteiger partial charge in [0.1, 0.15) is 0 Å². The average Bonchev–Trinajstić information content (AvgIpc) is 2.95. The molecule has 0 spiro atoms. The summed E-state index contributed by atoms with van der Waals surface area (Å²) in [7, 11) is 0. The summed E-state index contributed by atoms with van der Waals surface area (Å²) in [6.45, 7) is 4.14. The second kappa shape index (κ2) is 7.70. The fraction of sp³-hybridized carbons (Fsp3) is 0.143. The van der Waals surface area contributed by atoms with Crippen LogP contribution in [0.3, 0.4) is 0 Å². The van der Waals surface area contributed by atoms with Crippen molar-refractivity contribution in [1.29, 1.82) is 0 Å². The largest absolute Gasteiger partial charge is 0.298 e. The Balaban J connectivity index is 2.07. The van der Waals surface area contributed by atoms with E-state index in [9.17, 15) is 9.59 Å². The second-order valence-corrected chi connectivity index (χ2v) is 7.03. The van der Waals surface area contributed by atoms with Crippen molar-refractivity contribution in [2.45, 2.75) is 20.4 Å². The van der Waals surface area contributed by atoms with Crippen LogP contribution >= 0.6 is 15.9 Å². The fourth-order valence-electron chi connectivity index (χ4n) is 2.99. The minimum absolute atomic E-state index is 0.118. The van der Waals surface area contributed by atoms with E-state index in [0.29, 0.717) is 17.7 Å². The Morgan fingerprint density at radius 3 is 2.31 bits per heavy atom. The first kappa shape index (κ1) is 18.1. The monoisotopic (exact) mass is 410 g/mol. The summed E-state index contributed by atoms with van der Waals surface area (Å²) >= 11 is 3.43. The number of rotatable bonds is 5. The molecule has 3 rings (SSSR count). The van der Waals surface area contributed by atoms with Gasteiger partial charge in [-0.15, -0.1) is 0 Å². The molecule has 4 nitrogen and oxygen atoms in total. The minimum Gasteiger partial charge on any atom is -0.298 e. The number of nitrogens with zero attached hydrogens (tertiary/aromatic N) is 2. The molecule has 0 saturated carbocycles. The predicted molar refractivity (Wildman–Crippen MR) is 106 cm³/mol. The summed E-state index contributed by atoms with van der Waals surface area (Å²) in [6.07, 6.45) is 0.823. The molecular formula is C21H19BrN2O2. The number of aryl methyl sites for hydroxylation is 1. The van der Waals surface area contributed by atoms with Crippen molar-refractivity contribution in [3.05, 3.63) is 93.2 Å². The highest BCUT2D eigenvalue weighted by molar-refractivity contribution is 9.10. The first-order valence-corrected chi connectivity index (χ1v) is 9.06. The number of amides is 1. The van der Waals surface area contributed by atoms with Crippen molar-refractivity contribution < 1.29 is 9.59 Å². The minimum atomic E-state index is -0.118. The molecule has 0 N–H and O–H groups in total. The van der Waals surface area contributed by atoms with Gasteiger partial charge in [-0.3, -0.25) is 14.3 Å². The quantitative estimate of drug-likeness (QED) is 0.574. The van der Waals surface area contributed by atoms with Gasteiger partial charge in [0.05, 0.1) is 6.54 Å². The molecule has 0 bridgehead atoms. The number of aldehydes is 1. The highest BCUT2D eigenvalue weighted by Crippen LogP contribution is 2.19. The van der Waals surface area contributed by atoms with Crippen LogP contribution in [0.1, 0.15) is 37.7 Å². The van der Waals surface area contributed by atoms with Gasteiger partial charge in [-0.1, -0.05) is 46.3 Å². The third-order valence-electron chi connectivity index (χ3n) is 4.30. The van der Waals surface area contributed by atoms with Gasteiger partial charge in [0.2, 0.25) is 0 Å². The summed E-state index contributed by atoms with van der Waals surface area (Å²) in [5.74, 6) is -0.118. The second-order valence-electron chi connectivity index (χ2n) is 6.11. The van der Waals surface area contributed by atoms with E-state index < -0.39 is 0 Å². The highest BCUT2D eigenvalue weighted by atomic mass is 79.9. The maximum absolute atomic E-state index is 13.2. The normalized spacial score (nSPS) is 10.6. The maximum atomic E-state index is 13.2. The van der Waals surface area contributed by atoms with Crippen molar-refractivity contribution in [2.24, 2.45) is 0 Å². The number of aromatic nitrogens is 1. The molecule has 1 heterocycles. The van der Waals surface area contributed by atoms with Gasteiger partial charge in [-0.25, -0.2) is 5.01 Å². The molecule has 2 aromatic carbocycles. The zero-order chi connectivity index (χ0) is 18.7. The smallest absolute Gasteiger partial charge is 0.273 e. The van der Waals surface area contributed by atoms with Crippen LogP contribution in [0, 0.1) is 13.8 Å². The zero-order valence-corrected chi connectivity index (χ0v) is 16.2. The lowest BCUT2D eigenvalue weighted by Gasteiger charge is -2.27. The summed E-state index contributed by atoms with van der Waals surface area (Å²) in [4.78, 5) is 24.6. The van der Waals surface area contributed by atoms with Crippen LogP contribution in [0.2, 0.25) is 0 Å². The number of benzene rings is 2. The molecule has 0 unspecified atom stereocenters. The molecule has 1 amide bonds. The van der Waals surface area contributed by atoms with E-state index in [1.165, 1.54) is 0 Å². The number of hydrogen-bond acceptors (Lipinski definition) is 2. The first-order chi connectivity index (χ1) is 12.5. The van der Waals surface area contributed by atoms with Gasteiger partial charge < -0.3 is 0 Å². The van der Waals surface area contributed by atoms with Gasteiger partial charge in [0, 0.05) is 27.0 Å². The number of hydrogen-bond donors (Lipinski definition) is 0. The molecule has 132 valence electrons. The Morgan fingerprint density at radius 2 is 1.73 bits per heavy atom. The molecule has 0 radical (unpaired) electrons. The standard InChI is InChI=1S/C21H19BrN2O2/c1-15-12-19(14-25)16(2)24(15)23(13-17-8-10-20(22)11-9-17)21(26)18-6-4-3-5-7-18/h3-12,14H,13H2,1-2H3. The molecule has 0 aliphatic rings. The molecule has 0 fully saturated rings. The number of halogens is 1. The van der Waals surface area contributed by atoms with Gasteiger partial charge >= 0.3 is 0 Å². The van der Waals surface area contributed by atoms with Gasteiger partial charge in [0.25, 0.3) is 5.91 Å². The van der Waals surface area contributed by atoms with E-state index in [0.717, 1.165) is 27.7 Å². The molecule has 0 saturated heterocycles. The van der Waals surface area contributed by atoms with Gasteiger partial charge in [-0.05, 0) is 49.7 Å². The SMILES string of the molecule is Cc1cc(C=O)c(C)n1N(Cc1ccc(Br)cc1)C(=O)c1ccccc1. The Labute approximate surface area is 161 Å². The van der Waals surface area contributed by atoms with Crippen molar-refractivity contribution in [1.82, 2.24) is 4.68 Å². The summed E-state index contributed by atoms with van der Waals surface area (Å²) < 4.78 is 2.81. The number of carbonyl (C=O) groups is 2. The average molecular weight is 411 g/mol. The topological polar surface area (TPSA) is 42.3 Å². The van der Waals surface area contributed by atoms with E-state index >= 15 is 0 Å². The number of carbonyl (C=O) groups excluding carboxylic acids is 2. The maximum Gasteiger partial charge on any atom is 0.273 e. The van der Waals surface area contributed by atoms with Crippen LogP contribution in [0.15, 0.2) is 65.1 Å². The Hall–Kier alpha value is -2.66. The van der Waals surface area contributed by atoms with Crippen molar-refractivity contribution in [3.63, 3.8) is 0 Å². The van der Waals surface area contributed by atoms with Crippen molar-refractivity contribution in [2.75, 3.05) is 5.01 Å². The lowest BCUT2D eigenvalue weighted by molar-refractivity contribution is 0.0953. The Bertz CT molecular complexity index is 931. The Kier molecular flexibility index (Phi) is 5.38. The molecule has 0 aliphatic heterocycles. The van der Waals surface area contributed by atoms with Crippen molar-refractivity contribution >= 4 is 28.1 Å². The molecule has 26 heavy (non-hydrogen) atoms. The van der Waals surface area contributed by atoms with Crippen LogP contribution in [0.5, 0.6) is 0 Å². The van der Waals surface area contributed by atoms with Crippen LogP contribution in [-0.2, 0) is 6.54 Å². The molecule has 3 aromatic rings. The molecule has 0 aliphatic carbocycles. The summed E-state index contributed by atoms with van der Waals surface area (Å²) in [5.41, 5.74) is 3.77. The molecule has 0 atom stereocenters. The van der Waals surface area contributed by atoms with E-state index in [1.54, 1.807) is 23.2 Å². The third-order valence-corrected chi connectivity index (χ3v) is 4.83. The predicted octanol–water partition coefficient (Wildman–Crippen LogP) is 4.66. The highest BCUT2D eigenvalue weighted by Gasteiger charge is 2.22. The van der Waals surface area contributed by atoms with Crippen molar-refractivity contribution in [3.8, 4) is 0 Å². The van der Waals surface area contributed by atoms with Gasteiger partial charge in [0.15, 0.2) is 6.29 Å². The first-order valence-electron chi connectivity index (χ1n) is 8.27. The molecular weight excluding hydrogens is 392 g/mol. The van der Waals surface area contributed by atoms with Crippen LogP contribution in [0.4, 0.5) is 0 Å². The molecule has 1 aromatic heterocycles. The zero-order valence-electron chi connectivity index (χ0n) is 14.6. The fourth-order valence-corrected chi connectivity index (χ4v) is 3.26. The van der Waals surface area contributed by atoms with E-state index in [1.807, 2.05) is 61.0 Å². The van der Waals surface area contributed by atoms with Crippen LogP contribution in [0.25, 0.3) is 0 Å². The lowest BCUT2D eigenvalue weighted by atomic mass is 10.2. The third kappa shape index (κ3) is 3.63. The van der Waals surface area contributed by atoms with E-state index in [2.05, 4.69) is 15.9 Å². The molecule has 5 heteroatoms. The van der Waals surface area contributed by atoms with E-state index in [4.69, 9.17) is 0 Å². The van der Waals surface area contributed by atoms with Gasteiger partial charge in [-0.2, -0.15) is 0 Å². The summed E-state index contributed by atoms with van der Waals surface area (Å²) in [5, 5.41) is 1.68. The summed E-state index contributed by atoms with van der Waals surface area (Å²) in [6, 6.07) is 18.8.